The minimum Gasteiger partial charge on any atom is -0.512 e. The van der Waals surface area contributed by atoms with Gasteiger partial charge in [0.2, 0.25) is 0 Å². The number of rotatable bonds is 11. The number of nitrogens with zero attached hydrogens (tertiary/aromatic N) is 2. The molecule has 1 aliphatic carbocycles. The molecule has 0 amide bonds. The normalized spacial score (nSPS) is 13.3. The van der Waals surface area contributed by atoms with E-state index in [9.17, 15) is 9.90 Å². The number of aryl methyl sites for hydroxylation is 4. The molecular formula is C56H70IrN2O2Si-2. The van der Waals surface area contributed by atoms with Gasteiger partial charge in [0, 0.05) is 49.9 Å². The van der Waals surface area contributed by atoms with Gasteiger partial charge < -0.3 is 15.1 Å². The monoisotopic (exact) mass is 1020 g/mol. The van der Waals surface area contributed by atoms with E-state index < -0.39 is 8.07 Å². The van der Waals surface area contributed by atoms with Crippen molar-refractivity contribution >= 4 is 40.6 Å². The molecule has 2 heterocycles. The van der Waals surface area contributed by atoms with E-state index in [4.69, 9.17) is 0 Å². The van der Waals surface area contributed by atoms with Crippen LogP contribution in [0.25, 0.3) is 44.1 Å². The average Bonchev–Trinajstić information content (AvgIpc) is 3.78. The Bertz CT molecular complexity index is 2430. The van der Waals surface area contributed by atoms with Gasteiger partial charge in [0.1, 0.15) is 5.76 Å². The van der Waals surface area contributed by atoms with Crippen LogP contribution in [0.4, 0.5) is 0 Å². The third kappa shape index (κ3) is 12.7. The van der Waals surface area contributed by atoms with Crippen molar-refractivity contribution in [2.24, 2.45) is 11.3 Å². The molecule has 1 N–H and O–H groups in total. The predicted octanol–water partition coefficient (Wildman–Crippen LogP) is 15.1. The molecule has 0 atom stereocenters. The summed E-state index contributed by atoms with van der Waals surface area (Å²) in [5, 5.41) is 16.5. The quantitative estimate of drug-likeness (QED) is 0.0608. The number of aliphatic hydroxyl groups excluding tert-OH is 1. The van der Waals surface area contributed by atoms with Crippen LogP contribution in [0.1, 0.15) is 120 Å². The molecule has 62 heavy (non-hydrogen) atoms. The maximum atomic E-state index is 11.9. The largest absolute Gasteiger partial charge is 0.512 e. The van der Waals surface area contributed by atoms with E-state index in [-0.39, 0.29) is 43.0 Å². The van der Waals surface area contributed by atoms with Crippen molar-refractivity contribution in [2.75, 3.05) is 0 Å². The first-order valence-electron chi connectivity index (χ1n) is 22.7. The molecule has 1 aliphatic rings. The Morgan fingerprint density at radius 2 is 1.23 bits per heavy atom. The number of pyridine rings is 2. The van der Waals surface area contributed by atoms with E-state index in [1.54, 1.807) is 0 Å². The van der Waals surface area contributed by atoms with Crippen molar-refractivity contribution in [2.45, 2.75) is 139 Å². The average molecular weight is 1020 g/mol. The minimum atomic E-state index is -1.29. The molecule has 6 aromatic rings. The first kappa shape index (κ1) is 50.4. The van der Waals surface area contributed by atoms with Crippen molar-refractivity contribution in [3.8, 4) is 22.5 Å². The van der Waals surface area contributed by atoms with Crippen molar-refractivity contribution in [1.82, 2.24) is 9.97 Å². The fourth-order valence-corrected chi connectivity index (χ4v) is 9.73. The van der Waals surface area contributed by atoms with Gasteiger partial charge in [0.05, 0.1) is 8.07 Å². The minimum absolute atomic E-state index is 0. The number of carbonyl (C=O) groups is 1. The summed E-state index contributed by atoms with van der Waals surface area (Å²) in [6, 6.07) is 33.6. The Labute approximate surface area is 388 Å². The van der Waals surface area contributed by atoms with E-state index >= 15 is 0 Å². The van der Waals surface area contributed by atoms with Gasteiger partial charge in [-0.2, -0.15) is 0 Å². The Balaban J connectivity index is 0.000000207. The van der Waals surface area contributed by atoms with Crippen LogP contribution in [0.3, 0.4) is 0 Å². The van der Waals surface area contributed by atoms with E-state index in [0.29, 0.717) is 0 Å². The number of benzene rings is 4. The maximum absolute atomic E-state index is 11.9. The molecule has 1 saturated carbocycles. The molecular weight excluding hydrogens is 953 g/mol. The Morgan fingerprint density at radius 1 is 0.742 bits per heavy atom. The summed E-state index contributed by atoms with van der Waals surface area (Å²) < 4.78 is 0. The Morgan fingerprint density at radius 3 is 1.68 bits per heavy atom. The number of hydrogen-bond donors (Lipinski definition) is 1. The molecule has 1 radical (unpaired) electrons. The SMILES string of the molecule is CCC(CC)C(=O)/C=C(\O)C(C)(CC)CC.Cc1[c-]c(-c2nccc3cc(C4CCCC4)ccc23)cc(C)c1.Cc1[c-]c(-c2nccc3cc([Si](C)(C)C)ccc23)cc(C)c1.[Ir]. The summed E-state index contributed by atoms with van der Waals surface area (Å²) in [5.74, 6) is 1.12. The maximum Gasteiger partial charge on any atom is 0.162 e. The first-order chi connectivity index (χ1) is 29.0. The second kappa shape index (κ2) is 22.4. The van der Waals surface area contributed by atoms with Crippen LogP contribution in [0.5, 0.6) is 0 Å². The van der Waals surface area contributed by atoms with Crippen molar-refractivity contribution < 1.29 is 30.0 Å². The molecule has 2 aromatic heterocycles. The van der Waals surface area contributed by atoms with Gasteiger partial charge in [-0.15, -0.1) is 69.8 Å². The molecule has 4 aromatic carbocycles. The van der Waals surface area contributed by atoms with Crippen LogP contribution >= 0.6 is 0 Å². The molecule has 0 unspecified atom stereocenters. The Hall–Kier alpha value is -4.22. The van der Waals surface area contributed by atoms with E-state index in [1.165, 1.54) is 80.7 Å². The molecule has 331 valence electrons. The summed E-state index contributed by atoms with van der Waals surface area (Å²) in [7, 11) is -1.29. The molecule has 1 fully saturated rings. The van der Waals surface area contributed by atoms with Gasteiger partial charge in [0.25, 0.3) is 0 Å². The smallest absolute Gasteiger partial charge is 0.162 e. The summed E-state index contributed by atoms with van der Waals surface area (Å²) in [6.07, 6.45) is 14.1. The van der Waals surface area contributed by atoms with Crippen LogP contribution < -0.4 is 5.19 Å². The predicted molar refractivity (Wildman–Crippen MR) is 264 cm³/mol. The zero-order valence-electron chi connectivity index (χ0n) is 39.6. The van der Waals surface area contributed by atoms with Gasteiger partial charge in [-0.25, -0.2) is 0 Å². The van der Waals surface area contributed by atoms with Crippen LogP contribution in [0, 0.1) is 51.2 Å². The van der Waals surface area contributed by atoms with E-state index in [1.807, 2.05) is 47.0 Å². The van der Waals surface area contributed by atoms with Gasteiger partial charge in [-0.3, -0.25) is 4.79 Å². The van der Waals surface area contributed by atoms with Crippen molar-refractivity contribution in [3.63, 3.8) is 0 Å². The number of carbonyl (C=O) groups excluding carboxylic acids is 1. The van der Waals surface area contributed by atoms with Crippen LogP contribution in [0.15, 0.2) is 97.0 Å². The molecule has 6 heteroatoms. The van der Waals surface area contributed by atoms with Crippen molar-refractivity contribution in [1.29, 1.82) is 0 Å². The molecule has 7 rings (SSSR count). The second-order valence-corrected chi connectivity index (χ2v) is 23.8. The van der Waals surface area contributed by atoms with Crippen LogP contribution in [0.2, 0.25) is 19.6 Å². The molecule has 0 saturated heterocycles. The summed E-state index contributed by atoms with van der Waals surface area (Å²) >= 11 is 0. The third-order valence-corrected chi connectivity index (χ3v) is 14.9. The number of allylic oxidation sites excluding steroid dienone is 2. The fourth-order valence-electron chi connectivity index (χ4n) is 8.56. The number of ketones is 1. The number of aliphatic hydroxyl groups is 1. The zero-order valence-corrected chi connectivity index (χ0v) is 43.0. The zero-order chi connectivity index (χ0) is 44.5. The molecule has 0 aliphatic heterocycles. The van der Waals surface area contributed by atoms with Crippen LogP contribution in [-0.2, 0) is 24.9 Å². The number of hydrogen-bond acceptors (Lipinski definition) is 4. The standard InChI is InChI=1S/C22H22N.C20H22NSi.C14H26O2.Ir/c1-15-11-16(2)13-20(12-15)22-21-8-7-18(17-5-3-4-6-17)14-19(21)9-10-23-22;1-14-10-15(2)12-17(11-14)20-19-7-6-18(22(3,4)5)13-16(19)8-9-21-20;1-6-11(7-2)12(15)10-13(16)14(5,8-3)9-4;/h7-12,14,17H,3-6H2,1-2H3;6-11,13H,1-5H3;10-11,16H,6-9H2,1-5H3;/q2*-1;;/b;;13-10-;. The van der Waals surface area contributed by atoms with Crippen molar-refractivity contribution in [3.05, 3.63) is 137 Å². The summed E-state index contributed by atoms with van der Waals surface area (Å²) in [5.41, 5.74) is 10.4. The summed E-state index contributed by atoms with van der Waals surface area (Å²) in [6.45, 7) is 25.7. The number of aromatic nitrogens is 2. The molecule has 4 nitrogen and oxygen atoms in total. The second-order valence-electron chi connectivity index (χ2n) is 18.7. The van der Waals surface area contributed by atoms with E-state index in [2.05, 4.69) is 142 Å². The Kier molecular flexibility index (Phi) is 18.2. The fraction of sp³-hybridized carbons (Fsp3) is 0.411. The van der Waals surface area contributed by atoms with E-state index in [0.717, 1.165) is 59.7 Å². The number of fused-ring (bicyclic) bond motifs is 2. The van der Waals surface area contributed by atoms with Gasteiger partial charge in [-0.05, 0) is 95.1 Å². The molecule has 0 bridgehead atoms. The molecule has 0 spiro atoms. The van der Waals surface area contributed by atoms with Gasteiger partial charge >= 0.3 is 0 Å². The third-order valence-electron chi connectivity index (χ3n) is 12.9. The first-order valence-corrected chi connectivity index (χ1v) is 26.2. The van der Waals surface area contributed by atoms with Gasteiger partial charge in [-0.1, -0.05) is 136 Å². The topological polar surface area (TPSA) is 63.1 Å². The van der Waals surface area contributed by atoms with Crippen LogP contribution in [-0.4, -0.2) is 28.9 Å². The van der Waals surface area contributed by atoms with Gasteiger partial charge in [0.15, 0.2) is 5.78 Å². The summed E-state index contributed by atoms with van der Waals surface area (Å²) in [4.78, 5) is 21.1.